The van der Waals surface area contributed by atoms with Gasteiger partial charge in [-0.3, -0.25) is 0 Å². The van der Waals surface area contributed by atoms with Crippen molar-refractivity contribution < 1.29 is 13.2 Å². The first-order valence-corrected chi connectivity index (χ1v) is 8.81. The Labute approximate surface area is 127 Å². The Hall–Kier alpha value is -1.11. The summed E-state index contributed by atoms with van der Waals surface area (Å²) in [7, 11) is -1.76. The zero-order valence-electron chi connectivity index (χ0n) is 12.9. The van der Waals surface area contributed by atoms with Crippen LogP contribution in [0.1, 0.15) is 26.7 Å². The molecule has 0 bridgehead atoms. The first-order chi connectivity index (χ1) is 9.91. The molecule has 1 N–H and O–H groups in total. The van der Waals surface area contributed by atoms with E-state index in [1.807, 2.05) is 13.8 Å². The van der Waals surface area contributed by atoms with E-state index in [4.69, 9.17) is 4.74 Å². The molecule has 0 aromatic heterocycles. The maximum atomic E-state index is 12.6. The van der Waals surface area contributed by atoms with E-state index in [0.29, 0.717) is 10.6 Å². The highest BCUT2D eigenvalue weighted by Gasteiger charge is 2.28. The number of ether oxygens (including phenoxy) is 1. The molecule has 6 heteroatoms. The SMILES string of the molecule is CC(C)Oc1ccc(S(=O)(=O)N(C)C2CCNCC2)cc1. The molecule has 0 unspecified atom stereocenters. The van der Waals surface area contributed by atoms with Crippen LogP contribution >= 0.6 is 0 Å². The third kappa shape index (κ3) is 3.96. The lowest BCUT2D eigenvalue weighted by Gasteiger charge is -2.30. The Morgan fingerprint density at radius 3 is 2.29 bits per heavy atom. The summed E-state index contributed by atoms with van der Waals surface area (Å²) >= 11 is 0. The third-order valence-electron chi connectivity index (χ3n) is 3.70. The number of hydrogen-bond donors (Lipinski definition) is 1. The summed E-state index contributed by atoms with van der Waals surface area (Å²) in [5.41, 5.74) is 0. The molecule has 1 aromatic rings. The predicted molar refractivity (Wildman–Crippen MR) is 83.0 cm³/mol. The highest BCUT2D eigenvalue weighted by atomic mass is 32.2. The van der Waals surface area contributed by atoms with Crippen molar-refractivity contribution in [2.45, 2.75) is 43.7 Å². The van der Waals surface area contributed by atoms with E-state index in [2.05, 4.69) is 5.32 Å². The van der Waals surface area contributed by atoms with Gasteiger partial charge in [0.05, 0.1) is 11.0 Å². The molecule has 0 atom stereocenters. The second-order valence-corrected chi connectivity index (χ2v) is 7.64. The minimum absolute atomic E-state index is 0.0721. The van der Waals surface area contributed by atoms with Gasteiger partial charge in [-0.15, -0.1) is 0 Å². The highest BCUT2D eigenvalue weighted by Crippen LogP contribution is 2.23. The minimum atomic E-state index is -3.43. The molecule has 2 rings (SSSR count). The normalized spacial score (nSPS) is 17.4. The zero-order valence-corrected chi connectivity index (χ0v) is 13.7. The monoisotopic (exact) mass is 312 g/mol. The van der Waals surface area contributed by atoms with Crippen molar-refractivity contribution in [2.24, 2.45) is 0 Å². The van der Waals surface area contributed by atoms with Gasteiger partial charge in [0.2, 0.25) is 10.0 Å². The Balaban J connectivity index is 2.14. The van der Waals surface area contributed by atoms with Crippen molar-refractivity contribution in [2.75, 3.05) is 20.1 Å². The molecule has 21 heavy (non-hydrogen) atoms. The van der Waals surface area contributed by atoms with Gasteiger partial charge in [-0.25, -0.2) is 8.42 Å². The molecule has 118 valence electrons. The van der Waals surface area contributed by atoms with Crippen molar-refractivity contribution >= 4 is 10.0 Å². The standard InChI is InChI=1S/C15H24N2O3S/c1-12(2)20-14-4-6-15(7-5-14)21(18,19)17(3)13-8-10-16-11-9-13/h4-7,12-13,16H,8-11H2,1-3H3. The summed E-state index contributed by atoms with van der Waals surface area (Å²) in [4.78, 5) is 0.319. The van der Waals surface area contributed by atoms with Gasteiger partial charge in [-0.2, -0.15) is 4.31 Å². The zero-order chi connectivity index (χ0) is 15.5. The van der Waals surface area contributed by atoms with Gasteiger partial charge in [0.1, 0.15) is 5.75 Å². The van der Waals surface area contributed by atoms with Gasteiger partial charge >= 0.3 is 0 Å². The van der Waals surface area contributed by atoms with E-state index >= 15 is 0 Å². The van der Waals surface area contributed by atoms with Gasteiger partial charge < -0.3 is 10.1 Å². The van der Waals surface area contributed by atoms with E-state index in [-0.39, 0.29) is 12.1 Å². The van der Waals surface area contributed by atoms with Crippen LogP contribution in [-0.4, -0.2) is 45.0 Å². The second-order valence-electron chi connectivity index (χ2n) is 5.64. The molecular weight excluding hydrogens is 288 g/mol. The number of rotatable bonds is 5. The first-order valence-electron chi connectivity index (χ1n) is 7.36. The van der Waals surface area contributed by atoms with Gasteiger partial charge in [-0.1, -0.05) is 0 Å². The van der Waals surface area contributed by atoms with Gasteiger partial charge in [-0.05, 0) is 64.0 Å². The number of nitrogens with zero attached hydrogens (tertiary/aromatic N) is 1. The maximum Gasteiger partial charge on any atom is 0.243 e. The lowest BCUT2D eigenvalue weighted by Crippen LogP contribution is -2.43. The largest absolute Gasteiger partial charge is 0.491 e. The molecule has 0 saturated carbocycles. The molecule has 1 heterocycles. The maximum absolute atomic E-state index is 12.6. The van der Waals surface area contributed by atoms with E-state index in [0.717, 1.165) is 25.9 Å². The van der Waals surface area contributed by atoms with Crippen LogP contribution in [0.5, 0.6) is 5.75 Å². The molecule has 1 aliphatic rings. The Morgan fingerprint density at radius 1 is 1.19 bits per heavy atom. The molecule has 1 aliphatic heterocycles. The van der Waals surface area contributed by atoms with Crippen molar-refractivity contribution in [3.05, 3.63) is 24.3 Å². The van der Waals surface area contributed by atoms with Crippen molar-refractivity contribution in [1.82, 2.24) is 9.62 Å². The molecule has 0 spiro atoms. The van der Waals surface area contributed by atoms with E-state index < -0.39 is 10.0 Å². The van der Waals surface area contributed by atoms with Crippen LogP contribution in [0.15, 0.2) is 29.2 Å². The molecule has 1 aromatic carbocycles. The topological polar surface area (TPSA) is 58.6 Å². The molecule has 1 fully saturated rings. The summed E-state index contributed by atoms with van der Waals surface area (Å²) in [6.45, 7) is 5.61. The molecule has 0 aliphatic carbocycles. The van der Waals surface area contributed by atoms with Crippen LogP contribution < -0.4 is 10.1 Å². The second kappa shape index (κ2) is 6.77. The Morgan fingerprint density at radius 2 is 1.76 bits per heavy atom. The number of piperidine rings is 1. The van der Waals surface area contributed by atoms with E-state index in [1.54, 1.807) is 31.3 Å². The smallest absolute Gasteiger partial charge is 0.243 e. The van der Waals surface area contributed by atoms with Crippen molar-refractivity contribution in [3.8, 4) is 5.75 Å². The highest BCUT2D eigenvalue weighted by molar-refractivity contribution is 7.89. The fraction of sp³-hybridized carbons (Fsp3) is 0.600. The van der Waals surface area contributed by atoms with Crippen molar-refractivity contribution in [3.63, 3.8) is 0 Å². The molecule has 0 amide bonds. The van der Waals surface area contributed by atoms with Gasteiger partial charge in [0.15, 0.2) is 0 Å². The number of sulfonamides is 1. The summed E-state index contributed by atoms with van der Waals surface area (Å²) < 4.78 is 32.3. The fourth-order valence-corrected chi connectivity index (χ4v) is 3.91. The Bertz CT molecular complexity index is 549. The molecule has 0 radical (unpaired) electrons. The third-order valence-corrected chi connectivity index (χ3v) is 5.62. The summed E-state index contributed by atoms with van der Waals surface area (Å²) in [5, 5.41) is 3.25. The van der Waals surface area contributed by atoms with E-state index in [1.165, 1.54) is 4.31 Å². The van der Waals surface area contributed by atoms with Crippen molar-refractivity contribution in [1.29, 1.82) is 0 Å². The molecule has 1 saturated heterocycles. The van der Waals surface area contributed by atoms with Gasteiger partial charge in [0.25, 0.3) is 0 Å². The number of hydrogen-bond acceptors (Lipinski definition) is 4. The minimum Gasteiger partial charge on any atom is -0.491 e. The van der Waals surface area contributed by atoms with E-state index in [9.17, 15) is 8.42 Å². The van der Waals surface area contributed by atoms with Crippen LogP contribution in [0.4, 0.5) is 0 Å². The Kier molecular flexibility index (Phi) is 5.24. The molecular formula is C15H24N2O3S. The fourth-order valence-electron chi connectivity index (χ4n) is 2.50. The number of benzene rings is 1. The summed E-state index contributed by atoms with van der Waals surface area (Å²) in [6, 6.07) is 6.73. The quantitative estimate of drug-likeness (QED) is 0.901. The average Bonchev–Trinajstić information content (AvgIpc) is 2.47. The average molecular weight is 312 g/mol. The first kappa shape index (κ1) is 16.3. The predicted octanol–water partition coefficient (Wildman–Crippen LogP) is 1.85. The summed E-state index contributed by atoms with van der Waals surface area (Å²) in [6.07, 6.45) is 1.78. The van der Waals surface area contributed by atoms with Crippen LogP contribution in [0.25, 0.3) is 0 Å². The van der Waals surface area contributed by atoms with Gasteiger partial charge in [0, 0.05) is 13.1 Å². The van der Waals surface area contributed by atoms with Crippen LogP contribution in [-0.2, 0) is 10.0 Å². The summed E-state index contributed by atoms with van der Waals surface area (Å²) in [5.74, 6) is 0.688. The molecule has 5 nitrogen and oxygen atoms in total. The lowest BCUT2D eigenvalue weighted by molar-refractivity contribution is 0.242. The van der Waals surface area contributed by atoms with Crippen LogP contribution in [0.2, 0.25) is 0 Å². The number of nitrogens with one attached hydrogen (secondary N) is 1. The van der Waals surface area contributed by atoms with Crippen LogP contribution in [0, 0.1) is 0 Å². The lowest BCUT2D eigenvalue weighted by atomic mass is 10.1. The van der Waals surface area contributed by atoms with Crippen LogP contribution in [0.3, 0.4) is 0 Å².